The first-order valence-corrected chi connectivity index (χ1v) is 18.4. The van der Waals surface area contributed by atoms with Crippen LogP contribution in [0.4, 0.5) is 0 Å². The van der Waals surface area contributed by atoms with E-state index in [2.05, 4.69) is 134 Å². The second kappa shape index (κ2) is 13.8. The van der Waals surface area contributed by atoms with Gasteiger partial charge in [-0.05, 0) is 85.5 Å². The van der Waals surface area contributed by atoms with Gasteiger partial charge >= 0.3 is 0 Å². The number of para-hydroxylation sites is 1. The van der Waals surface area contributed by atoms with Crippen LogP contribution in [0, 0.1) is 6.07 Å². The predicted octanol–water partition coefficient (Wildman–Crippen LogP) is 13.6. The molecule has 0 aliphatic carbocycles. The molecule has 3 nitrogen and oxygen atoms in total. The van der Waals surface area contributed by atoms with E-state index >= 15 is 0 Å². The molecule has 2 aromatic heterocycles. The summed E-state index contributed by atoms with van der Waals surface area (Å²) in [5.41, 5.74) is 12.5. The summed E-state index contributed by atoms with van der Waals surface area (Å²) in [6, 6.07) is 36.4. The van der Waals surface area contributed by atoms with Gasteiger partial charge in [-0.15, -0.1) is 6.07 Å². The van der Waals surface area contributed by atoms with Gasteiger partial charge in [-0.3, -0.25) is 9.97 Å². The summed E-state index contributed by atoms with van der Waals surface area (Å²) < 4.78 is 0. The second-order valence-electron chi connectivity index (χ2n) is 15.3. The Bertz CT molecular complexity index is 2620. The van der Waals surface area contributed by atoms with Crippen molar-refractivity contribution < 1.29 is 26.2 Å². The first kappa shape index (κ1) is 35.8. The first-order valence-electron chi connectivity index (χ1n) is 18.4. The molecule has 0 aliphatic heterocycles. The molecule has 0 saturated carbocycles. The van der Waals surface area contributed by atoms with Crippen molar-refractivity contribution in [2.24, 2.45) is 0 Å². The molecule has 6 aromatic carbocycles. The maximum Gasteiger partial charge on any atom is 0.141 e. The van der Waals surface area contributed by atoms with Gasteiger partial charge in [-0.2, -0.15) is 0 Å². The summed E-state index contributed by atoms with van der Waals surface area (Å²) in [6.07, 6.45) is 1.88. The molecule has 52 heavy (non-hydrogen) atoms. The molecule has 8 rings (SSSR count). The molecule has 1 N–H and O–H groups in total. The molecule has 0 unspecified atom stereocenters. The number of fused-ring (bicyclic) bond motifs is 7. The van der Waals surface area contributed by atoms with Crippen LogP contribution in [0.2, 0.25) is 0 Å². The third kappa shape index (κ3) is 5.60. The average molecular weight is 861 g/mol. The maximum absolute atomic E-state index is 11.5. The summed E-state index contributed by atoms with van der Waals surface area (Å²) in [5, 5.41) is 18.8. The van der Waals surface area contributed by atoms with Crippen molar-refractivity contribution >= 4 is 54.3 Å². The molecule has 2 heterocycles. The topological polar surface area (TPSA) is 46.0 Å². The van der Waals surface area contributed by atoms with Crippen LogP contribution in [-0.4, -0.2) is 15.1 Å². The normalized spacial score (nSPS) is 12.1. The molecule has 8 aromatic rings. The summed E-state index contributed by atoms with van der Waals surface area (Å²) in [5.74, 6) is 1.42. The van der Waals surface area contributed by atoms with Crippen LogP contribution >= 0.6 is 0 Å². The SMILES string of the molecule is CC(C)c1cccc(C(C)C)c1-c1c2ccc3cccnc3c2[c-]c2c1ccc1c(-c3c(C(C)C)cccc3C(C)C)c3cccc(O)c3nc12.[Pt]. The van der Waals surface area contributed by atoms with Crippen molar-refractivity contribution in [3.05, 3.63) is 126 Å². The van der Waals surface area contributed by atoms with Crippen molar-refractivity contribution in [1.82, 2.24) is 9.97 Å². The molecular weight excluding hydrogens is 816 g/mol. The number of rotatable bonds is 6. The largest absolute Gasteiger partial charge is 0.506 e. The number of phenols is 1. The number of pyridine rings is 2. The van der Waals surface area contributed by atoms with Crippen LogP contribution in [0.25, 0.3) is 76.5 Å². The zero-order valence-corrected chi connectivity index (χ0v) is 33.5. The Labute approximate surface area is 321 Å². The molecule has 0 spiro atoms. The van der Waals surface area contributed by atoms with E-state index in [9.17, 15) is 5.11 Å². The van der Waals surface area contributed by atoms with E-state index in [1.165, 1.54) is 38.9 Å². The molecule has 0 atom stereocenters. The Morgan fingerprint density at radius 1 is 0.462 bits per heavy atom. The molecule has 4 heteroatoms. The van der Waals surface area contributed by atoms with Gasteiger partial charge in [0.25, 0.3) is 0 Å². The van der Waals surface area contributed by atoms with Crippen LogP contribution in [0.1, 0.15) is 101 Å². The van der Waals surface area contributed by atoms with Crippen LogP contribution < -0.4 is 0 Å². The van der Waals surface area contributed by atoms with Gasteiger partial charge < -0.3 is 5.11 Å². The van der Waals surface area contributed by atoms with Gasteiger partial charge in [0, 0.05) is 43.7 Å². The number of hydrogen-bond acceptors (Lipinski definition) is 3. The van der Waals surface area contributed by atoms with Crippen molar-refractivity contribution in [3.63, 3.8) is 0 Å². The van der Waals surface area contributed by atoms with Gasteiger partial charge in [0.05, 0.1) is 0 Å². The number of benzene rings is 6. The second-order valence-corrected chi connectivity index (χ2v) is 15.3. The smallest absolute Gasteiger partial charge is 0.141 e. The van der Waals surface area contributed by atoms with E-state index in [0.717, 1.165) is 54.3 Å². The molecule has 0 aliphatic rings. The Morgan fingerprint density at radius 2 is 0.923 bits per heavy atom. The summed E-state index contributed by atoms with van der Waals surface area (Å²) in [4.78, 5) is 10.3. The number of aromatic hydroxyl groups is 1. The molecule has 0 bridgehead atoms. The van der Waals surface area contributed by atoms with E-state index in [1.807, 2.05) is 18.3 Å². The van der Waals surface area contributed by atoms with Gasteiger partial charge in [0.2, 0.25) is 0 Å². The van der Waals surface area contributed by atoms with E-state index < -0.39 is 0 Å². The van der Waals surface area contributed by atoms with Crippen LogP contribution in [-0.2, 0) is 21.1 Å². The fourth-order valence-corrected chi connectivity index (χ4v) is 8.32. The quantitative estimate of drug-likeness (QED) is 0.103. The number of aromatic nitrogens is 2. The van der Waals surface area contributed by atoms with Crippen molar-refractivity contribution in [1.29, 1.82) is 0 Å². The van der Waals surface area contributed by atoms with Gasteiger partial charge in [-0.25, -0.2) is 0 Å². The number of hydrogen-bond donors (Lipinski definition) is 1. The summed E-state index contributed by atoms with van der Waals surface area (Å²) >= 11 is 0. The zero-order chi connectivity index (χ0) is 35.7. The minimum atomic E-state index is 0. The monoisotopic (exact) mass is 860 g/mol. The third-order valence-electron chi connectivity index (χ3n) is 10.8. The molecule has 0 saturated heterocycles. The van der Waals surface area contributed by atoms with E-state index in [-0.39, 0.29) is 26.8 Å². The molecule has 264 valence electrons. The van der Waals surface area contributed by atoms with Gasteiger partial charge in [-0.1, -0.05) is 161 Å². The molecule has 0 radical (unpaired) electrons. The van der Waals surface area contributed by atoms with Gasteiger partial charge in [0.15, 0.2) is 0 Å². The Balaban J connectivity index is 0.00000420. The van der Waals surface area contributed by atoms with Crippen LogP contribution in [0.3, 0.4) is 0 Å². The van der Waals surface area contributed by atoms with E-state index in [0.29, 0.717) is 29.2 Å². The molecular formula is C48H45N2OPt-. The van der Waals surface area contributed by atoms with Crippen LogP contribution in [0.15, 0.2) is 97.2 Å². The fourth-order valence-electron chi connectivity index (χ4n) is 8.32. The first-order chi connectivity index (χ1) is 24.6. The maximum atomic E-state index is 11.5. The number of nitrogens with zero attached hydrogens (tertiary/aromatic N) is 2. The Kier molecular flexibility index (Phi) is 9.47. The van der Waals surface area contributed by atoms with Gasteiger partial charge in [0.1, 0.15) is 11.3 Å². The van der Waals surface area contributed by atoms with Crippen molar-refractivity contribution in [3.8, 4) is 28.0 Å². The minimum Gasteiger partial charge on any atom is -0.506 e. The minimum absolute atomic E-state index is 0. The fraction of sp³-hybridized carbons (Fsp3) is 0.250. The molecule has 0 amide bonds. The van der Waals surface area contributed by atoms with Crippen LogP contribution in [0.5, 0.6) is 5.75 Å². The van der Waals surface area contributed by atoms with E-state index in [4.69, 9.17) is 9.97 Å². The predicted molar refractivity (Wildman–Crippen MR) is 217 cm³/mol. The summed E-state index contributed by atoms with van der Waals surface area (Å²) in [6.45, 7) is 18.2. The summed E-state index contributed by atoms with van der Waals surface area (Å²) in [7, 11) is 0. The third-order valence-corrected chi connectivity index (χ3v) is 10.8. The molecule has 0 fully saturated rings. The zero-order valence-electron chi connectivity index (χ0n) is 31.2. The van der Waals surface area contributed by atoms with Crippen molar-refractivity contribution in [2.75, 3.05) is 0 Å². The van der Waals surface area contributed by atoms with E-state index in [1.54, 1.807) is 6.07 Å². The number of phenolic OH excluding ortho intramolecular Hbond substituents is 1. The Morgan fingerprint density at radius 3 is 1.48 bits per heavy atom. The van der Waals surface area contributed by atoms with Crippen molar-refractivity contribution in [2.45, 2.75) is 79.1 Å². The standard InChI is InChI=1S/C48H45N2O.Pt/c1-26(2)31-14-9-15-32(27(3)4)42(31)44-35-21-20-30-13-12-24-49-46(30)39(35)25-40-36(44)22-23-38-45(37-18-11-19-41(51)48(37)50-47(38)40)43-33(28(5)6)16-10-17-34(43)29(7)8;/h9-24,26-29,51H,1-8H3;/q-1;. The average Bonchev–Trinajstić information content (AvgIpc) is 3.12. The Hall–Kier alpha value is -4.59.